The Morgan fingerprint density at radius 1 is 1.12 bits per heavy atom. The van der Waals surface area contributed by atoms with E-state index in [9.17, 15) is 4.39 Å². The lowest BCUT2D eigenvalue weighted by atomic mass is 9.91. The molecule has 3 aliphatic heterocycles. The van der Waals surface area contributed by atoms with Crippen LogP contribution in [0.25, 0.3) is 11.0 Å². The summed E-state index contributed by atoms with van der Waals surface area (Å²) in [5, 5.41) is 5.22. The summed E-state index contributed by atoms with van der Waals surface area (Å²) in [4.78, 5) is 5.05. The molecule has 1 unspecified atom stereocenters. The largest absolute Gasteiger partial charge is 0.372 e. The number of benzene rings is 2. The van der Waals surface area contributed by atoms with Gasteiger partial charge in [-0.05, 0) is 62.9 Å². The molecule has 3 aliphatic rings. The molecule has 5 nitrogen and oxygen atoms in total. The molecule has 0 spiro atoms. The van der Waals surface area contributed by atoms with Crippen LogP contribution < -0.4 is 4.90 Å². The van der Waals surface area contributed by atoms with Gasteiger partial charge in [-0.15, -0.1) is 0 Å². The zero-order chi connectivity index (χ0) is 21.5. The molecule has 32 heavy (non-hydrogen) atoms. The summed E-state index contributed by atoms with van der Waals surface area (Å²) in [6.07, 6.45) is 5.85. The monoisotopic (exact) mass is 435 g/mol. The van der Waals surface area contributed by atoms with E-state index in [4.69, 9.17) is 9.26 Å². The van der Waals surface area contributed by atoms with Crippen molar-refractivity contribution in [3.63, 3.8) is 0 Å². The standard InChI is InChI=1S/C26H30FN3O2/c27-20-7-8-21-23(16-20)32-28-25(21)18-9-13-29(14-10-18)11-3-15-31-24-17-30-12-2-5-19-4-1-6-22(24)26(19)30/h1,4,6-8,16,18,24H,2-3,5,9-15,17H2. The molecule has 4 heterocycles. The Hall–Kier alpha value is -2.44. The topological polar surface area (TPSA) is 41.7 Å². The lowest BCUT2D eigenvalue weighted by Gasteiger charge is -2.31. The number of nitrogens with zero attached hydrogens (tertiary/aromatic N) is 3. The fraction of sp³-hybridized carbons (Fsp3) is 0.500. The van der Waals surface area contributed by atoms with Crippen LogP contribution in [0.1, 0.15) is 54.5 Å². The number of para-hydroxylation sites is 1. The predicted octanol–water partition coefficient (Wildman–Crippen LogP) is 5.06. The summed E-state index contributed by atoms with van der Waals surface area (Å²) in [7, 11) is 0. The molecule has 0 amide bonds. The van der Waals surface area contributed by atoms with Gasteiger partial charge in [0, 0.05) is 54.9 Å². The summed E-state index contributed by atoms with van der Waals surface area (Å²) in [5.74, 6) is 0.109. The highest BCUT2D eigenvalue weighted by Crippen LogP contribution is 2.42. The van der Waals surface area contributed by atoms with Gasteiger partial charge < -0.3 is 19.1 Å². The number of aryl methyl sites for hydroxylation is 1. The first-order valence-corrected chi connectivity index (χ1v) is 12.0. The summed E-state index contributed by atoms with van der Waals surface area (Å²) < 4.78 is 25.1. The van der Waals surface area contributed by atoms with Gasteiger partial charge >= 0.3 is 0 Å². The van der Waals surface area contributed by atoms with Crippen LogP contribution in [0.3, 0.4) is 0 Å². The number of piperidine rings is 1. The minimum atomic E-state index is -0.279. The molecule has 0 saturated carbocycles. The van der Waals surface area contributed by atoms with E-state index in [2.05, 4.69) is 33.2 Å². The van der Waals surface area contributed by atoms with E-state index in [0.717, 1.165) is 69.7 Å². The Kier molecular flexibility index (Phi) is 5.35. The summed E-state index contributed by atoms with van der Waals surface area (Å²) >= 11 is 0. The quantitative estimate of drug-likeness (QED) is 0.506. The number of anilines is 1. The van der Waals surface area contributed by atoms with E-state index in [-0.39, 0.29) is 11.9 Å². The lowest BCUT2D eigenvalue weighted by molar-refractivity contribution is 0.0544. The third-order valence-electron chi connectivity index (χ3n) is 7.45. The SMILES string of the molecule is Fc1ccc2c(C3CCN(CCCOC4CN5CCCc6cccc4c65)CC3)noc2c1. The van der Waals surface area contributed by atoms with Crippen molar-refractivity contribution in [2.24, 2.45) is 0 Å². The van der Waals surface area contributed by atoms with Crippen molar-refractivity contribution in [1.29, 1.82) is 0 Å². The van der Waals surface area contributed by atoms with Crippen molar-refractivity contribution in [3.8, 4) is 0 Å². The number of fused-ring (bicyclic) bond motifs is 1. The van der Waals surface area contributed by atoms with Crippen LogP contribution in [0.2, 0.25) is 0 Å². The number of likely N-dealkylation sites (tertiary alicyclic amines) is 1. The Morgan fingerprint density at radius 2 is 2.03 bits per heavy atom. The fourth-order valence-electron chi connectivity index (χ4n) is 5.82. The normalized spacial score (nSPS) is 21.4. The number of halogens is 1. The van der Waals surface area contributed by atoms with Crippen LogP contribution in [-0.2, 0) is 11.2 Å². The third kappa shape index (κ3) is 3.69. The molecule has 168 valence electrons. The molecule has 0 aliphatic carbocycles. The number of hydrogen-bond donors (Lipinski definition) is 0. The van der Waals surface area contributed by atoms with E-state index in [1.165, 1.54) is 41.8 Å². The van der Waals surface area contributed by atoms with E-state index in [1.54, 1.807) is 6.07 Å². The molecular weight excluding hydrogens is 405 g/mol. The average Bonchev–Trinajstić information content (AvgIpc) is 3.40. The smallest absolute Gasteiger partial charge is 0.170 e. The Morgan fingerprint density at radius 3 is 2.94 bits per heavy atom. The van der Waals surface area contributed by atoms with Crippen molar-refractivity contribution in [2.75, 3.05) is 44.2 Å². The van der Waals surface area contributed by atoms with E-state index in [1.807, 2.05) is 0 Å². The number of ether oxygens (including phenoxy) is 1. The zero-order valence-corrected chi connectivity index (χ0v) is 18.4. The second-order valence-corrected chi connectivity index (χ2v) is 9.44. The van der Waals surface area contributed by atoms with Gasteiger partial charge in [0.15, 0.2) is 5.58 Å². The number of rotatable bonds is 6. The van der Waals surface area contributed by atoms with Crippen molar-refractivity contribution >= 4 is 16.7 Å². The third-order valence-corrected chi connectivity index (χ3v) is 7.45. The second-order valence-electron chi connectivity index (χ2n) is 9.44. The Bertz CT molecular complexity index is 1110. The maximum atomic E-state index is 13.4. The molecule has 6 rings (SSSR count). The van der Waals surface area contributed by atoms with Gasteiger partial charge in [0.25, 0.3) is 0 Å². The van der Waals surface area contributed by atoms with Crippen LogP contribution in [0.15, 0.2) is 40.9 Å². The highest BCUT2D eigenvalue weighted by Gasteiger charge is 2.33. The van der Waals surface area contributed by atoms with Crippen LogP contribution in [0, 0.1) is 5.82 Å². The van der Waals surface area contributed by atoms with E-state index in [0.29, 0.717) is 11.5 Å². The molecular formula is C26H30FN3O2. The van der Waals surface area contributed by atoms with Crippen molar-refractivity contribution in [2.45, 2.75) is 44.1 Å². The van der Waals surface area contributed by atoms with Gasteiger partial charge in [0.2, 0.25) is 0 Å². The molecule has 1 atom stereocenters. The summed E-state index contributed by atoms with van der Waals surface area (Å²) in [6.45, 7) is 6.16. The van der Waals surface area contributed by atoms with Crippen LogP contribution in [0.4, 0.5) is 10.1 Å². The Balaban J connectivity index is 0.983. The van der Waals surface area contributed by atoms with Crippen LogP contribution in [0.5, 0.6) is 0 Å². The predicted molar refractivity (Wildman–Crippen MR) is 123 cm³/mol. The molecule has 6 heteroatoms. The maximum Gasteiger partial charge on any atom is 0.170 e. The molecule has 0 N–H and O–H groups in total. The Labute approximate surface area is 188 Å². The molecule has 2 aromatic carbocycles. The highest BCUT2D eigenvalue weighted by atomic mass is 19.1. The minimum absolute atomic E-state index is 0.221. The zero-order valence-electron chi connectivity index (χ0n) is 18.4. The average molecular weight is 436 g/mol. The van der Waals surface area contributed by atoms with Gasteiger partial charge in [0.05, 0.1) is 5.69 Å². The summed E-state index contributed by atoms with van der Waals surface area (Å²) in [5.41, 5.74) is 5.88. The van der Waals surface area contributed by atoms with Crippen molar-refractivity contribution in [1.82, 2.24) is 10.1 Å². The van der Waals surface area contributed by atoms with Gasteiger partial charge in [-0.1, -0.05) is 23.4 Å². The molecule has 1 aromatic heterocycles. The van der Waals surface area contributed by atoms with Crippen LogP contribution >= 0.6 is 0 Å². The molecule has 0 bridgehead atoms. The van der Waals surface area contributed by atoms with E-state index >= 15 is 0 Å². The maximum absolute atomic E-state index is 13.4. The van der Waals surface area contributed by atoms with Crippen molar-refractivity contribution < 1.29 is 13.7 Å². The minimum Gasteiger partial charge on any atom is -0.372 e. The molecule has 0 radical (unpaired) electrons. The van der Waals surface area contributed by atoms with Gasteiger partial charge in [0.1, 0.15) is 11.9 Å². The number of hydrogen-bond acceptors (Lipinski definition) is 5. The van der Waals surface area contributed by atoms with Gasteiger partial charge in [-0.2, -0.15) is 0 Å². The first-order valence-electron chi connectivity index (χ1n) is 12.0. The molecule has 1 saturated heterocycles. The van der Waals surface area contributed by atoms with E-state index < -0.39 is 0 Å². The summed E-state index contributed by atoms with van der Waals surface area (Å²) in [6, 6.07) is 11.4. The van der Waals surface area contributed by atoms with Gasteiger partial charge in [-0.25, -0.2) is 4.39 Å². The fourth-order valence-corrected chi connectivity index (χ4v) is 5.82. The highest BCUT2D eigenvalue weighted by molar-refractivity contribution is 5.79. The second kappa shape index (κ2) is 8.49. The van der Waals surface area contributed by atoms with Crippen LogP contribution in [-0.4, -0.2) is 49.4 Å². The molecule has 3 aromatic rings. The van der Waals surface area contributed by atoms with Crippen molar-refractivity contribution in [3.05, 3.63) is 59.0 Å². The van der Waals surface area contributed by atoms with Gasteiger partial charge in [-0.3, -0.25) is 0 Å². The first kappa shape index (κ1) is 20.2. The first-order chi connectivity index (χ1) is 15.8. The molecule has 1 fully saturated rings. The lowest BCUT2D eigenvalue weighted by Crippen LogP contribution is -2.34. The number of aromatic nitrogens is 1.